The predicted octanol–water partition coefficient (Wildman–Crippen LogP) is 2.16. The van der Waals surface area contributed by atoms with Crippen molar-refractivity contribution in [2.75, 3.05) is 13.1 Å². The second-order valence-corrected chi connectivity index (χ2v) is 3.99. The molecule has 0 spiro atoms. The molecular formula is C8H10F2N2S. The first-order valence-corrected chi connectivity index (χ1v) is 5.09. The summed E-state index contributed by atoms with van der Waals surface area (Å²) in [6.45, 7) is 1.84. The zero-order valence-electron chi connectivity index (χ0n) is 6.96. The fraction of sp³-hybridized carbons (Fsp3) is 0.625. The van der Waals surface area contributed by atoms with Crippen LogP contribution in [0.4, 0.5) is 8.78 Å². The predicted molar refractivity (Wildman–Crippen MR) is 47.3 cm³/mol. The summed E-state index contributed by atoms with van der Waals surface area (Å²) in [7, 11) is 0. The Morgan fingerprint density at radius 2 is 2.46 bits per heavy atom. The summed E-state index contributed by atoms with van der Waals surface area (Å²) in [5.41, 5.74) is -0.0769. The topological polar surface area (TPSA) is 24.9 Å². The average Bonchev–Trinajstić information content (AvgIpc) is 2.75. The van der Waals surface area contributed by atoms with Crippen molar-refractivity contribution in [3.8, 4) is 0 Å². The highest BCUT2D eigenvalue weighted by molar-refractivity contribution is 7.09. The summed E-state index contributed by atoms with van der Waals surface area (Å²) < 4.78 is 24.4. The van der Waals surface area contributed by atoms with Gasteiger partial charge >= 0.3 is 0 Å². The summed E-state index contributed by atoms with van der Waals surface area (Å²) in [5.74, 6) is 0.345. The van der Waals surface area contributed by atoms with Crippen molar-refractivity contribution in [2.24, 2.45) is 0 Å². The second kappa shape index (κ2) is 3.67. The van der Waals surface area contributed by atoms with Crippen molar-refractivity contribution in [1.29, 1.82) is 0 Å². The van der Waals surface area contributed by atoms with Gasteiger partial charge in [-0.15, -0.1) is 11.3 Å². The second-order valence-electron chi connectivity index (χ2n) is 3.10. The summed E-state index contributed by atoms with van der Waals surface area (Å²) in [6.07, 6.45) is -1.42. The van der Waals surface area contributed by atoms with Crippen LogP contribution in [0.3, 0.4) is 0 Å². The van der Waals surface area contributed by atoms with Gasteiger partial charge in [-0.1, -0.05) is 0 Å². The summed E-state index contributed by atoms with van der Waals surface area (Å²) in [6, 6.07) is 0. The van der Waals surface area contributed by atoms with E-state index in [0.29, 0.717) is 5.92 Å². The molecule has 1 N–H and O–H groups in total. The third-order valence-corrected chi connectivity index (χ3v) is 3.20. The molecule has 1 fully saturated rings. The molecule has 0 amide bonds. The monoisotopic (exact) mass is 204 g/mol. The SMILES string of the molecule is FC(F)c1csc(C2CCNC2)n1. The molecule has 2 nitrogen and oxygen atoms in total. The fourth-order valence-electron chi connectivity index (χ4n) is 1.45. The number of hydrogen-bond acceptors (Lipinski definition) is 3. The van der Waals surface area contributed by atoms with E-state index in [1.165, 1.54) is 16.7 Å². The van der Waals surface area contributed by atoms with E-state index in [0.717, 1.165) is 24.5 Å². The Morgan fingerprint density at radius 3 is 3.00 bits per heavy atom. The van der Waals surface area contributed by atoms with Crippen LogP contribution in [-0.2, 0) is 0 Å². The van der Waals surface area contributed by atoms with E-state index in [2.05, 4.69) is 10.3 Å². The van der Waals surface area contributed by atoms with Crippen molar-refractivity contribution < 1.29 is 8.78 Å². The van der Waals surface area contributed by atoms with Crippen LogP contribution in [0.5, 0.6) is 0 Å². The number of nitrogens with one attached hydrogen (secondary N) is 1. The van der Waals surface area contributed by atoms with Gasteiger partial charge in [-0.2, -0.15) is 0 Å². The quantitative estimate of drug-likeness (QED) is 0.798. The maximum Gasteiger partial charge on any atom is 0.281 e. The van der Waals surface area contributed by atoms with Crippen LogP contribution in [0, 0.1) is 0 Å². The largest absolute Gasteiger partial charge is 0.316 e. The van der Waals surface area contributed by atoms with E-state index >= 15 is 0 Å². The van der Waals surface area contributed by atoms with E-state index in [1.54, 1.807) is 0 Å². The lowest BCUT2D eigenvalue weighted by molar-refractivity contribution is 0.146. The first-order valence-electron chi connectivity index (χ1n) is 4.21. The number of hydrogen-bond donors (Lipinski definition) is 1. The summed E-state index contributed by atoms with van der Waals surface area (Å²) in [4.78, 5) is 3.92. The highest BCUT2D eigenvalue weighted by Gasteiger charge is 2.21. The van der Waals surface area contributed by atoms with Gasteiger partial charge in [0.15, 0.2) is 0 Å². The minimum atomic E-state index is -2.43. The van der Waals surface area contributed by atoms with Crippen molar-refractivity contribution in [2.45, 2.75) is 18.8 Å². The molecule has 5 heteroatoms. The van der Waals surface area contributed by atoms with Crippen molar-refractivity contribution in [3.05, 3.63) is 16.1 Å². The van der Waals surface area contributed by atoms with E-state index < -0.39 is 6.43 Å². The van der Waals surface area contributed by atoms with Crippen molar-refractivity contribution in [3.63, 3.8) is 0 Å². The molecule has 0 bridgehead atoms. The van der Waals surface area contributed by atoms with Crippen LogP contribution >= 0.6 is 11.3 Å². The van der Waals surface area contributed by atoms with E-state index in [1.807, 2.05) is 0 Å². The molecule has 0 saturated carbocycles. The summed E-state index contributed by atoms with van der Waals surface area (Å²) >= 11 is 1.34. The van der Waals surface area contributed by atoms with Crippen LogP contribution in [0.2, 0.25) is 0 Å². The maximum absolute atomic E-state index is 12.2. The summed E-state index contributed by atoms with van der Waals surface area (Å²) in [5, 5.41) is 5.49. The van der Waals surface area contributed by atoms with Gasteiger partial charge in [-0.3, -0.25) is 0 Å². The maximum atomic E-state index is 12.2. The normalized spacial score (nSPS) is 22.8. The molecule has 1 aliphatic rings. The Balaban J connectivity index is 2.12. The van der Waals surface area contributed by atoms with E-state index in [4.69, 9.17) is 0 Å². The first kappa shape index (κ1) is 9.02. The molecule has 0 aliphatic carbocycles. The smallest absolute Gasteiger partial charge is 0.281 e. The van der Waals surface area contributed by atoms with Crippen LogP contribution in [-0.4, -0.2) is 18.1 Å². The third kappa shape index (κ3) is 1.86. The van der Waals surface area contributed by atoms with Gasteiger partial charge in [-0.05, 0) is 13.0 Å². The molecular weight excluding hydrogens is 194 g/mol. The third-order valence-electron chi connectivity index (χ3n) is 2.17. The van der Waals surface area contributed by atoms with Gasteiger partial charge in [0.25, 0.3) is 6.43 Å². The number of rotatable bonds is 2. The fourth-order valence-corrected chi connectivity index (χ4v) is 2.40. The van der Waals surface area contributed by atoms with Crippen LogP contribution in [0.25, 0.3) is 0 Å². The minimum Gasteiger partial charge on any atom is -0.316 e. The Hall–Kier alpha value is -0.550. The van der Waals surface area contributed by atoms with Gasteiger partial charge in [0.05, 0.1) is 5.01 Å². The molecule has 72 valence electrons. The molecule has 2 heterocycles. The molecule has 0 aromatic carbocycles. The van der Waals surface area contributed by atoms with Gasteiger partial charge in [-0.25, -0.2) is 13.8 Å². The lowest BCUT2D eigenvalue weighted by atomic mass is 10.1. The Kier molecular flexibility index (Phi) is 2.55. The number of aromatic nitrogens is 1. The van der Waals surface area contributed by atoms with E-state index in [-0.39, 0.29) is 5.69 Å². The minimum absolute atomic E-state index is 0.0769. The Morgan fingerprint density at radius 1 is 1.62 bits per heavy atom. The lowest BCUT2D eigenvalue weighted by Gasteiger charge is -2.01. The van der Waals surface area contributed by atoms with Gasteiger partial charge in [0.1, 0.15) is 5.69 Å². The van der Waals surface area contributed by atoms with Gasteiger partial charge < -0.3 is 5.32 Å². The average molecular weight is 204 g/mol. The molecule has 0 radical (unpaired) electrons. The highest BCUT2D eigenvalue weighted by Crippen LogP contribution is 2.28. The number of halogens is 2. The van der Waals surface area contributed by atoms with Crippen molar-refractivity contribution in [1.82, 2.24) is 10.3 Å². The standard InChI is InChI=1S/C8H10F2N2S/c9-7(10)6-4-13-8(12-6)5-1-2-11-3-5/h4-5,7,11H,1-3H2. The van der Waals surface area contributed by atoms with Crippen LogP contribution in [0.1, 0.15) is 29.5 Å². The van der Waals surface area contributed by atoms with E-state index in [9.17, 15) is 8.78 Å². The molecule has 2 rings (SSSR count). The Bertz CT molecular complexity index is 281. The van der Waals surface area contributed by atoms with Crippen molar-refractivity contribution >= 4 is 11.3 Å². The van der Waals surface area contributed by atoms with Crippen LogP contribution in [0.15, 0.2) is 5.38 Å². The lowest BCUT2D eigenvalue weighted by Crippen LogP contribution is -2.07. The molecule has 1 aromatic heterocycles. The molecule has 1 unspecified atom stereocenters. The molecule has 1 saturated heterocycles. The molecule has 1 atom stereocenters. The van der Waals surface area contributed by atoms with Gasteiger partial charge in [0.2, 0.25) is 0 Å². The highest BCUT2D eigenvalue weighted by atomic mass is 32.1. The number of alkyl halides is 2. The zero-order valence-corrected chi connectivity index (χ0v) is 7.78. The molecule has 1 aromatic rings. The number of nitrogens with zero attached hydrogens (tertiary/aromatic N) is 1. The zero-order chi connectivity index (χ0) is 9.26. The Labute approximate surface area is 79.0 Å². The molecule has 1 aliphatic heterocycles. The van der Waals surface area contributed by atoms with Gasteiger partial charge in [0, 0.05) is 17.8 Å². The first-order chi connectivity index (χ1) is 6.27. The number of thiazole rings is 1. The van der Waals surface area contributed by atoms with Crippen LogP contribution < -0.4 is 5.32 Å². The molecule has 13 heavy (non-hydrogen) atoms.